The maximum absolute atomic E-state index is 13.0. The third kappa shape index (κ3) is 7.30. The smallest absolute Gasteiger partial charge is 0.329 e. The number of halogens is 1. The van der Waals surface area contributed by atoms with Crippen molar-refractivity contribution < 1.29 is 19.4 Å². The number of ketones is 1. The molecule has 226 valence electrons. The molecular formula is C36H41ClN2O4. The number of rotatable bonds is 9. The van der Waals surface area contributed by atoms with E-state index in [1.807, 2.05) is 42.6 Å². The van der Waals surface area contributed by atoms with Crippen LogP contribution in [0.5, 0.6) is 5.75 Å². The van der Waals surface area contributed by atoms with Crippen LogP contribution in [0.1, 0.15) is 98.0 Å². The second kappa shape index (κ2) is 13.3. The van der Waals surface area contributed by atoms with Gasteiger partial charge < -0.3 is 15.2 Å². The molecule has 1 heterocycles. The quantitative estimate of drug-likeness (QED) is 0.239. The fourth-order valence-electron chi connectivity index (χ4n) is 6.52. The summed E-state index contributed by atoms with van der Waals surface area (Å²) in [5, 5.41) is 14.5. The summed E-state index contributed by atoms with van der Waals surface area (Å²) in [4.78, 5) is 29.8. The highest BCUT2D eigenvalue weighted by molar-refractivity contribution is 6.30. The monoisotopic (exact) mass is 600 g/mol. The van der Waals surface area contributed by atoms with Crippen LogP contribution >= 0.6 is 11.6 Å². The molecule has 6 nitrogen and oxygen atoms in total. The van der Waals surface area contributed by atoms with Crippen LogP contribution in [0.25, 0.3) is 6.08 Å². The number of carboxylic acids is 1. The van der Waals surface area contributed by atoms with Crippen molar-refractivity contribution in [3.63, 3.8) is 0 Å². The van der Waals surface area contributed by atoms with Gasteiger partial charge in [0.15, 0.2) is 5.78 Å². The Bertz CT molecular complexity index is 1530. The molecule has 2 aromatic carbocycles. The van der Waals surface area contributed by atoms with Gasteiger partial charge in [-0.1, -0.05) is 55.3 Å². The standard InChI is InChI=1S/C36H41ClN2O4/c1-23(22-43-33-14-17-38-32-9-4-6-24(2)34(32)33)18-26-12-15-36(35(41)42,39-31-8-5-7-30(37)21-31)16-13-29-20-27(25(3)40)10-11-28(29)19-26/h5,7-8,10-11,14,17,19-21,23-24,39H,4,6,9,12-13,15-16,18,22H2,1-3H3,(H,41,42)/b26-19+/t23-,24-,36+/m1/s1. The van der Waals surface area contributed by atoms with Crippen molar-refractivity contribution in [2.75, 3.05) is 11.9 Å². The van der Waals surface area contributed by atoms with Crippen LogP contribution < -0.4 is 10.1 Å². The van der Waals surface area contributed by atoms with Crippen molar-refractivity contribution in [1.82, 2.24) is 4.98 Å². The number of nitrogens with zero attached hydrogens (tertiary/aromatic N) is 1. The molecule has 0 radical (unpaired) electrons. The number of pyridine rings is 1. The molecule has 0 saturated heterocycles. The minimum absolute atomic E-state index is 0.00758. The van der Waals surface area contributed by atoms with Gasteiger partial charge in [0, 0.05) is 33.7 Å². The maximum atomic E-state index is 13.0. The van der Waals surface area contributed by atoms with Gasteiger partial charge in [-0.05, 0) is 112 Å². The molecule has 43 heavy (non-hydrogen) atoms. The molecule has 0 bridgehead atoms. The van der Waals surface area contributed by atoms with Gasteiger partial charge in [0.2, 0.25) is 0 Å². The van der Waals surface area contributed by atoms with Crippen LogP contribution in [0.15, 0.2) is 60.3 Å². The van der Waals surface area contributed by atoms with Crippen molar-refractivity contribution in [1.29, 1.82) is 0 Å². The number of nitrogens with one attached hydrogen (secondary N) is 1. The van der Waals surface area contributed by atoms with Crippen molar-refractivity contribution in [3.8, 4) is 5.75 Å². The van der Waals surface area contributed by atoms with E-state index in [4.69, 9.17) is 16.3 Å². The Labute approximate surface area is 259 Å². The summed E-state index contributed by atoms with van der Waals surface area (Å²) in [5.74, 6) is 0.671. The normalized spacial score (nSPS) is 22.0. The third-order valence-electron chi connectivity index (χ3n) is 8.93. The number of aromatic nitrogens is 1. The number of anilines is 1. The molecule has 0 fully saturated rings. The van der Waals surface area contributed by atoms with E-state index >= 15 is 0 Å². The van der Waals surface area contributed by atoms with Gasteiger partial charge in [-0.25, -0.2) is 4.79 Å². The summed E-state index contributed by atoms with van der Waals surface area (Å²) in [6.07, 6.45) is 10.0. The average Bonchev–Trinajstić information content (AvgIpc) is 3.04. The van der Waals surface area contributed by atoms with E-state index in [-0.39, 0.29) is 11.7 Å². The Morgan fingerprint density at radius 1 is 1.14 bits per heavy atom. The minimum Gasteiger partial charge on any atom is -0.493 e. The molecule has 3 atom stereocenters. The molecule has 2 N–H and O–H groups in total. The molecule has 3 aromatic rings. The Kier molecular flexibility index (Phi) is 9.55. The number of benzene rings is 2. The van der Waals surface area contributed by atoms with E-state index in [0.717, 1.165) is 48.3 Å². The number of carbonyl (C=O) groups is 2. The summed E-state index contributed by atoms with van der Waals surface area (Å²) in [5.41, 5.74) is 5.68. The van der Waals surface area contributed by atoms with Crippen molar-refractivity contribution in [2.24, 2.45) is 5.92 Å². The zero-order valence-corrected chi connectivity index (χ0v) is 26.0. The summed E-state index contributed by atoms with van der Waals surface area (Å²) < 4.78 is 6.42. The summed E-state index contributed by atoms with van der Waals surface area (Å²) in [6, 6.07) is 15.0. The number of Topliss-reactive ketones (excluding diaryl/α,β-unsaturated/α-hetero) is 1. The summed E-state index contributed by atoms with van der Waals surface area (Å²) >= 11 is 6.24. The molecule has 5 rings (SSSR count). The number of hydrogen-bond acceptors (Lipinski definition) is 5. The van der Waals surface area contributed by atoms with Crippen molar-refractivity contribution in [2.45, 2.75) is 83.6 Å². The lowest BCUT2D eigenvalue weighted by Crippen LogP contribution is -2.47. The Hall–Kier alpha value is -3.64. The highest BCUT2D eigenvalue weighted by atomic mass is 35.5. The maximum Gasteiger partial charge on any atom is 0.329 e. The van der Waals surface area contributed by atoms with E-state index in [9.17, 15) is 14.7 Å². The SMILES string of the molecule is CC(=O)c1ccc2c(c1)CC[C@](Nc1cccc(Cl)c1)(C(=O)O)CC/C(C[C@@H](C)COc1ccnc3c1[C@H](C)CCC3)=C\2. The first-order chi connectivity index (χ1) is 20.6. The van der Waals surface area contributed by atoms with Gasteiger partial charge in [-0.3, -0.25) is 9.78 Å². The van der Waals surface area contributed by atoms with Crippen LogP contribution in [-0.4, -0.2) is 34.0 Å². The lowest BCUT2D eigenvalue weighted by molar-refractivity contribution is -0.142. The molecule has 0 spiro atoms. The number of fused-ring (bicyclic) bond motifs is 2. The minimum atomic E-state index is -1.20. The number of allylic oxidation sites excluding steroid dienone is 1. The largest absolute Gasteiger partial charge is 0.493 e. The summed E-state index contributed by atoms with van der Waals surface area (Å²) in [7, 11) is 0. The van der Waals surface area contributed by atoms with Crippen LogP contribution in [0.3, 0.4) is 0 Å². The Morgan fingerprint density at radius 2 is 1.95 bits per heavy atom. The first kappa shape index (κ1) is 30.8. The number of hydrogen-bond donors (Lipinski definition) is 2. The van der Waals surface area contributed by atoms with E-state index in [2.05, 4.69) is 30.2 Å². The molecule has 7 heteroatoms. The van der Waals surface area contributed by atoms with Crippen LogP contribution in [0.2, 0.25) is 5.02 Å². The predicted octanol–water partition coefficient (Wildman–Crippen LogP) is 8.53. The number of aryl methyl sites for hydroxylation is 2. The fraction of sp³-hybridized carbons (Fsp3) is 0.417. The van der Waals surface area contributed by atoms with E-state index < -0.39 is 11.5 Å². The topological polar surface area (TPSA) is 88.5 Å². The average molecular weight is 601 g/mol. The number of carboxylic acid groups (broad SMARTS) is 1. The van der Waals surface area contributed by atoms with Gasteiger partial charge in [0.05, 0.1) is 6.61 Å². The van der Waals surface area contributed by atoms with Crippen LogP contribution in [0, 0.1) is 5.92 Å². The predicted molar refractivity (Wildman–Crippen MR) is 172 cm³/mol. The second-order valence-electron chi connectivity index (χ2n) is 12.4. The molecule has 2 aliphatic rings. The van der Waals surface area contributed by atoms with Crippen LogP contribution in [-0.2, 0) is 17.6 Å². The first-order valence-electron chi connectivity index (χ1n) is 15.3. The van der Waals surface area contributed by atoms with Gasteiger partial charge in [-0.2, -0.15) is 0 Å². The number of carbonyl (C=O) groups excluding carboxylic acids is 1. The van der Waals surface area contributed by atoms with Crippen molar-refractivity contribution >= 4 is 35.1 Å². The van der Waals surface area contributed by atoms with E-state index in [1.54, 1.807) is 19.1 Å². The van der Waals surface area contributed by atoms with Gasteiger partial charge in [0.25, 0.3) is 0 Å². The van der Waals surface area contributed by atoms with Crippen molar-refractivity contribution in [3.05, 3.63) is 93.3 Å². The molecule has 2 aliphatic carbocycles. The van der Waals surface area contributed by atoms with Gasteiger partial charge in [0.1, 0.15) is 11.3 Å². The molecule has 0 aliphatic heterocycles. The molecular weight excluding hydrogens is 560 g/mol. The fourth-order valence-corrected chi connectivity index (χ4v) is 6.71. The molecule has 0 amide bonds. The Morgan fingerprint density at radius 3 is 2.72 bits per heavy atom. The van der Waals surface area contributed by atoms with Gasteiger partial charge in [-0.15, -0.1) is 0 Å². The van der Waals surface area contributed by atoms with E-state index in [0.29, 0.717) is 54.5 Å². The zero-order chi connectivity index (χ0) is 30.6. The molecule has 0 saturated carbocycles. The second-order valence-corrected chi connectivity index (χ2v) is 12.8. The Balaban J connectivity index is 1.41. The first-order valence-corrected chi connectivity index (χ1v) is 15.7. The third-order valence-corrected chi connectivity index (χ3v) is 9.17. The van der Waals surface area contributed by atoms with Crippen LogP contribution in [0.4, 0.5) is 5.69 Å². The lowest BCUT2D eigenvalue weighted by Gasteiger charge is -2.32. The number of aliphatic carboxylic acids is 1. The molecule has 1 aromatic heterocycles. The lowest BCUT2D eigenvalue weighted by atomic mass is 9.84. The van der Waals surface area contributed by atoms with Gasteiger partial charge >= 0.3 is 5.97 Å². The highest BCUT2D eigenvalue weighted by Gasteiger charge is 2.39. The number of ether oxygens (including phenoxy) is 1. The summed E-state index contributed by atoms with van der Waals surface area (Å²) in [6.45, 7) is 6.54. The molecule has 0 unspecified atom stereocenters. The highest BCUT2D eigenvalue weighted by Crippen LogP contribution is 2.38. The van der Waals surface area contributed by atoms with E-state index in [1.165, 1.54) is 11.1 Å². The zero-order valence-electron chi connectivity index (χ0n) is 25.3.